The molecule has 0 unspecified atom stereocenters. The summed E-state index contributed by atoms with van der Waals surface area (Å²) in [6.07, 6.45) is 1.52. The van der Waals surface area contributed by atoms with Crippen LogP contribution in [0.4, 0.5) is 0 Å². The van der Waals surface area contributed by atoms with Crippen LogP contribution in [0.2, 0.25) is 0 Å². The second kappa shape index (κ2) is 6.33. The third-order valence-corrected chi connectivity index (χ3v) is 5.10. The lowest BCUT2D eigenvalue weighted by Crippen LogP contribution is -1.97. The SMILES string of the molecule is Cc1csc2ncnc(OCc3cc(-c4ccc(Br)cc4)no3)c12. The first-order valence-corrected chi connectivity index (χ1v) is 8.91. The van der Waals surface area contributed by atoms with E-state index in [0.29, 0.717) is 11.6 Å². The van der Waals surface area contributed by atoms with Crippen molar-refractivity contribution < 1.29 is 9.26 Å². The fourth-order valence-corrected chi connectivity index (χ4v) is 3.52. The average molecular weight is 402 g/mol. The van der Waals surface area contributed by atoms with Gasteiger partial charge in [-0.05, 0) is 30.0 Å². The number of aromatic nitrogens is 3. The van der Waals surface area contributed by atoms with Crippen molar-refractivity contribution in [3.63, 3.8) is 0 Å². The third kappa shape index (κ3) is 2.92. The molecule has 4 rings (SSSR count). The van der Waals surface area contributed by atoms with Crippen LogP contribution in [0.5, 0.6) is 5.88 Å². The maximum atomic E-state index is 5.83. The summed E-state index contributed by atoms with van der Waals surface area (Å²) < 4.78 is 12.2. The molecular formula is C17H12BrN3O2S. The van der Waals surface area contributed by atoms with Gasteiger partial charge < -0.3 is 9.26 Å². The van der Waals surface area contributed by atoms with Gasteiger partial charge in [0.05, 0.1) is 5.39 Å². The number of hydrogen-bond acceptors (Lipinski definition) is 6. The Hall–Kier alpha value is -2.25. The fraction of sp³-hybridized carbons (Fsp3) is 0.118. The number of fused-ring (bicyclic) bond motifs is 1. The van der Waals surface area contributed by atoms with Gasteiger partial charge in [0.15, 0.2) is 12.4 Å². The van der Waals surface area contributed by atoms with Crippen LogP contribution in [0, 0.1) is 6.92 Å². The highest BCUT2D eigenvalue weighted by Crippen LogP contribution is 2.30. The van der Waals surface area contributed by atoms with Crippen molar-refractivity contribution in [2.45, 2.75) is 13.5 Å². The van der Waals surface area contributed by atoms with Crippen molar-refractivity contribution in [3.8, 4) is 17.1 Å². The zero-order valence-electron chi connectivity index (χ0n) is 12.7. The van der Waals surface area contributed by atoms with E-state index in [9.17, 15) is 0 Å². The van der Waals surface area contributed by atoms with Crippen LogP contribution in [-0.4, -0.2) is 15.1 Å². The minimum absolute atomic E-state index is 0.269. The minimum Gasteiger partial charge on any atom is -0.469 e. The maximum Gasteiger partial charge on any atom is 0.226 e. The highest BCUT2D eigenvalue weighted by Gasteiger charge is 2.12. The molecule has 24 heavy (non-hydrogen) atoms. The van der Waals surface area contributed by atoms with Crippen LogP contribution in [0.3, 0.4) is 0 Å². The van der Waals surface area contributed by atoms with Gasteiger partial charge in [0.25, 0.3) is 0 Å². The molecule has 0 aliphatic heterocycles. The maximum absolute atomic E-state index is 5.83. The molecule has 0 bridgehead atoms. The van der Waals surface area contributed by atoms with Crippen LogP contribution >= 0.6 is 27.3 Å². The molecule has 0 aliphatic rings. The summed E-state index contributed by atoms with van der Waals surface area (Å²) in [4.78, 5) is 9.41. The summed E-state index contributed by atoms with van der Waals surface area (Å²) >= 11 is 5.00. The summed E-state index contributed by atoms with van der Waals surface area (Å²) in [5.74, 6) is 1.22. The monoisotopic (exact) mass is 401 g/mol. The van der Waals surface area contributed by atoms with E-state index in [4.69, 9.17) is 9.26 Å². The van der Waals surface area contributed by atoms with E-state index in [2.05, 4.69) is 31.1 Å². The van der Waals surface area contributed by atoms with Crippen LogP contribution < -0.4 is 4.74 Å². The van der Waals surface area contributed by atoms with Crippen molar-refractivity contribution >= 4 is 37.5 Å². The summed E-state index contributed by atoms with van der Waals surface area (Å²) in [5.41, 5.74) is 2.88. The van der Waals surface area contributed by atoms with Gasteiger partial charge in [-0.3, -0.25) is 0 Å². The van der Waals surface area contributed by atoms with Crippen molar-refractivity contribution in [1.29, 1.82) is 0 Å². The molecule has 0 atom stereocenters. The van der Waals surface area contributed by atoms with Gasteiger partial charge in [-0.1, -0.05) is 33.2 Å². The number of nitrogens with zero attached hydrogens (tertiary/aromatic N) is 3. The van der Waals surface area contributed by atoms with Crippen molar-refractivity contribution in [2.24, 2.45) is 0 Å². The molecule has 0 fully saturated rings. The van der Waals surface area contributed by atoms with E-state index in [1.54, 1.807) is 11.3 Å². The van der Waals surface area contributed by atoms with E-state index in [-0.39, 0.29) is 6.61 Å². The molecule has 0 saturated heterocycles. The minimum atomic E-state index is 0.269. The van der Waals surface area contributed by atoms with E-state index in [1.807, 2.05) is 42.6 Å². The van der Waals surface area contributed by atoms with Crippen molar-refractivity contribution in [1.82, 2.24) is 15.1 Å². The summed E-state index contributed by atoms with van der Waals surface area (Å²) in [5, 5.41) is 7.10. The van der Waals surface area contributed by atoms with Gasteiger partial charge in [0.2, 0.25) is 5.88 Å². The first kappa shape index (κ1) is 15.3. The van der Waals surface area contributed by atoms with Crippen molar-refractivity contribution in [3.05, 3.63) is 57.8 Å². The molecule has 0 N–H and O–H groups in total. The lowest BCUT2D eigenvalue weighted by molar-refractivity contribution is 0.244. The normalized spacial score (nSPS) is 11.1. The Bertz CT molecular complexity index is 995. The number of benzene rings is 1. The Morgan fingerprint density at radius 3 is 2.88 bits per heavy atom. The van der Waals surface area contributed by atoms with Crippen LogP contribution in [-0.2, 0) is 6.61 Å². The van der Waals surface area contributed by atoms with E-state index >= 15 is 0 Å². The van der Waals surface area contributed by atoms with E-state index in [1.165, 1.54) is 6.33 Å². The lowest BCUT2D eigenvalue weighted by Gasteiger charge is -2.04. The van der Waals surface area contributed by atoms with Gasteiger partial charge in [-0.15, -0.1) is 11.3 Å². The Kier molecular flexibility index (Phi) is 4.03. The molecule has 3 heterocycles. The average Bonchev–Trinajstić information content (AvgIpc) is 3.21. The number of thiophene rings is 1. The third-order valence-electron chi connectivity index (χ3n) is 3.57. The predicted molar refractivity (Wildman–Crippen MR) is 96.1 cm³/mol. The molecule has 4 aromatic rings. The number of aryl methyl sites for hydroxylation is 1. The Balaban J connectivity index is 1.54. The molecule has 0 amide bonds. The summed E-state index contributed by atoms with van der Waals surface area (Å²) in [6, 6.07) is 9.78. The summed E-state index contributed by atoms with van der Waals surface area (Å²) in [7, 11) is 0. The smallest absolute Gasteiger partial charge is 0.226 e. The van der Waals surface area contributed by atoms with Crippen molar-refractivity contribution in [2.75, 3.05) is 0 Å². The second-order valence-electron chi connectivity index (χ2n) is 5.25. The first-order chi connectivity index (χ1) is 11.7. The number of hydrogen-bond donors (Lipinski definition) is 0. The molecule has 120 valence electrons. The largest absolute Gasteiger partial charge is 0.469 e. The Morgan fingerprint density at radius 2 is 2.04 bits per heavy atom. The number of halogens is 1. The van der Waals surface area contributed by atoms with Gasteiger partial charge in [-0.25, -0.2) is 9.97 Å². The fourth-order valence-electron chi connectivity index (χ4n) is 2.37. The highest BCUT2D eigenvalue weighted by molar-refractivity contribution is 9.10. The quantitative estimate of drug-likeness (QED) is 0.481. The second-order valence-corrected chi connectivity index (χ2v) is 7.03. The van der Waals surface area contributed by atoms with Crippen LogP contribution in [0.15, 0.2) is 51.0 Å². The Morgan fingerprint density at radius 1 is 1.21 bits per heavy atom. The molecule has 0 radical (unpaired) electrons. The summed E-state index contributed by atoms with van der Waals surface area (Å²) in [6.45, 7) is 2.29. The van der Waals surface area contributed by atoms with Gasteiger partial charge in [0.1, 0.15) is 16.9 Å². The molecule has 0 spiro atoms. The zero-order valence-corrected chi connectivity index (χ0v) is 15.1. The number of rotatable bonds is 4. The standard InChI is InChI=1S/C17H12BrN3O2S/c1-10-8-24-17-15(10)16(19-9-20-17)22-7-13-6-14(21-23-13)11-2-4-12(18)5-3-11/h2-6,8-9H,7H2,1H3. The number of ether oxygens (including phenoxy) is 1. The van der Waals surface area contributed by atoms with Crippen LogP contribution in [0.1, 0.15) is 11.3 Å². The first-order valence-electron chi connectivity index (χ1n) is 7.24. The van der Waals surface area contributed by atoms with Crippen LogP contribution in [0.25, 0.3) is 21.5 Å². The molecule has 7 heteroatoms. The van der Waals surface area contributed by atoms with Gasteiger partial charge in [-0.2, -0.15) is 0 Å². The topological polar surface area (TPSA) is 61.0 Å². The van der Waals surface area contributed by atoms with Gasteiger partial charge in [0, 0.05) is 16.1 Å². The van der Waals surface area contributed by atoms with E-state index < -0.39 is 0 Å². The molecule has 3 aromatic heterocycles. The molecule has 0 aliphatic carbocycles. The lowest BCUT2D eigenvalue weighted by atomic mass is 10.1. The Labute approximate surface area is 150 Å². The molecule has 1 aromatic carbocycles. The van der Waals surface area contributed by atoms with E-state index in [0.717, 1.165) is 31.5 Å². The van der Waals surface area contributed by atoms with Gasteiger partial charge >= 0.3 is 0 Å². The molecular weight excluding hydrogens is 390 g/mol. The molecule has 5 nitrogen and oxygen atoms in total. The highest BCUT2D eigenvalue weighted by atomic mass is 79.9. The predicted octanol–water partition coefficient (Wildman–Crippen LogP) is 5.00. The zero-order chi connectivity index (χ0) is 16.5. The molecule has 0 saturated carbocycles.